The number of aryl methyl sites for hydroxylation is 4. The van der Waals surface area contributed by atoms with Gasteiger partial charge in [0, 0.05) is 23.8 Å². The number of unbranched alkanes of at least 4 members (excludes halogenated alkanes) is 3. The van der Waals surface area contributed by atoms with Gasteiger partial charge in [-0.3, -0.25) is 0 Å². The van der Waals surface area contributed by atoms with E-state index in [1.165, 1.54) is 73.4 Å². The summed E-state index contributed by atoms with van der Waals surface area (Å²) in [6.45, 7) is 21.8. The minimum atomic E-state index is 0.321. The van der Waals surface area contributed by atoms with E-state index in [0.29, 0.717) is 11.8 Å². The molecule has 0 aliphatic carbocycles. The van der Waals surface area contributed by atoms with Crippen LogP contribution in [0.15, 0.2) is 36.4 Å². The molecule has 0 aliphatic rings. The fourth-order valence-electron chi connectivity index (χ4n) is 4.14. The van der Waals surface area contributed by atoms with Crippen molar-refractivity contribution in [3.8, 4) is 0 Å². The van der Waals surface area contributed by atoms with Gasteiger partial charge < -0.3 is 20.6 Å². The lowest BCUT2D eigenvalue weighted by Gasteiger charge is -2.21. The Bertz CT molecular complexity index is 838. The molecule has 2 aromatic carbocycles. The van der Waals surface area contributed by atoms with E-state index in [4.69, 9.17) is 10.5 Å². The van der Waals surface area contributed by atoms with Crippen molar-refractivity contribution in [2.24, 2.45) is 0 Å². The maximum atomic E-state index is 10.9. The molecular formula is C35H62N2O2. The van der Waals surface area contributed by atoms with Gasteiger partial charge in [0.2, 0.25) is 0 Å². The highest BCUT2D eigenvalue weighted by atomic mass is 16.1. The summed E-state index contributed by atoms with van der Waals surface area (Å²) < 4.78 is 0. The lowest BCUT2D eigenvalue weighted by atomic mass is 10.0. The number of Topliss-reactive ketones (excluding diaryl/α,β-unsaturated/α-hetero) is 1. The van der Waals surface area contributed by atoms with E-state index in [0.717, 1.165) is 31.2 Å². The SMILES string of the molecule is CC.CC.CC=O.CCCC(CCCCCCC(C)=O)Nc1ccccc1CC.Cc1cc(C)c(N)c(C)c1. The monoisotopic (exact) mass is 542 g/mol. The van der Waals surface area contributed by atoms with Crippen molar-refractivity contribution < 1.29 is 9.59 Å². The number of nitrogen functional groups attached to an aromatic ring is 1. The first-order valence-electron chi connectivity index (χ1n) is 15.3. The van der Waals surface area contributed by atoms with Crippen molar-refractivity contribution in [1.29, 1.82) is 0 Å². The van der Waals surface area contributed by atoms with E-state index in [2.05, 4.69) is 62.5 Å². The van der Waals surface area contributed by atoms with Crippen LogP contribution in [0.25, 0.3) is 0 Å². The highest BCUT2D eigenvalue weighted by Crippen LogP contribution is 2.21. The Hall–Kier alpha value is -2.62. The number of hydrogen-bond donors (Lipinski definition) is 2. The van der Waals surface area contributed by atoms with Crippen LogP contribution in [0.1, 0.15) is 129 Å². The zero-order valence-electron chi connectivity index (χ0n) is 27.4. The number of nitrogens with two attached hydrogens (primary N) is 1. The summed E-state index contributed by atoms with van der Waals surface area (Å²) in [5.74, 6) is 0.321. The van der Waals surface area contributed by atoms with Crippen molar-refractivity contribution >= 4 is 23.4 Å². The maximum Gasteiger partial charge on any atom is 0.129 e. The molecule has 0 saturated heterocycles. The van der Waals surface area contributed by atoms with E-state index in [1.807, 2.05) is 41.5 Å². The molecule has 0 bridgehead atoms. The van der Waals surface area contributed by atoms with Gasteiger partial charge in [-0.25, -0.2) is 0 Å². The highest BCUT2D eigenvalue weighted by Gasteiger charge is 2.09. The molecule has 0 fully saturated rings. The van der Waals surface area contributed by atoms with Crippen LogP contribution < -0.4 is 11.1 Å². The molecule has 4 heteroatoms. The van der Waals surface area contributed by atoms with Crippen molar-refractivity contribution in [2.75, 3.05) is 11.1 Å². The number of para-hydroxylation sites is 1. The molecule has 0 amide bonds. The van der Waals surface area contributed by atoms with Crippen molar-refractivity contribution in [2.45, 2.75) is 140 Å². The van der Waals surface area contributed by atoms with Gasteiger partial charge in [0.05, 0.1) is 0 Å². The second kappa shape index (κ2) is 28.4. The summed E-state index contributed by atoms with van der Waals surface area (Å²) >= 11 is 0. The summed E-state index contributed by atoms with van der Waals surface area (Å²) in [4.78, 5) is 19.7. The summed E-state index contributed by atoms with van der Waals surface area (Å²) in [5.41, 5.74) is 13.0. The minimum absolute atomic E-state index is 0.321. The lowest BCUT2D eigenvalue weighted by Crippen LogP contribution is -2.20. The number of ketones is 1. The van der Waals surface area contributed by atoms with Crippen molar-refractivity contribution in [3.05, 3.63) is 58.7 Å². The van der Waals surface area contributed by atoms with Gasteiger partial charge in [-0.2, -0.15) is 0 Å². The largest absolute Gasteiger partial charge is 0.398 e. The molecule has 39 heavy (non-hydrogen) atoms. The van der Waals surface area contributed by atoms with Gasteiger partial charge in [0.15, 0.2) is 0 Å². The molecule has 3 N–H and O–H groups in total. The molecule has 0 aromatic heterocycles. The van der Waals surface area contributed by atoms with Gasteiger partial charge in [-0.05, 0) is 83.1 Å². The highest BCUT2D eigenvalue weighted by molar-refractivity contribution is 5.75. The molecular weight excluding hydrogens is 480 g/mol. The molecule has 0 radical (unpaired) electrons. The Morgan fingerprint density at radius 2 is 1.41 bits per heavy atom. The molecule has 1 unspecified atom stereocenters. The molecule has 0 heterocycles. The molecule has 224 valence electrons. The first kappa shape index (κ1) is 40.9. The number of benzene rings is 2. The minimum Gasteiger partial charge on any atom is -0.398 e. The van der Waals surface area contributed by atoms with Gasteiger partial charge >= 0.3 is 0 Å². The number of carbonyl (C=O) groups is 2. The van der Waals surface area contributed by atoms with Crippen LogP contribution in [-0.4, -0.2) is 18.1 Å². The zero-order chi connectivity index (χ0) is 30.6. The fraction of sp³-hybridized carbons (Fsp3) is 0.600. The predicted octanol–water partition coefficient (Wildman–Crippen LogP) is 10.2. The normalized spacial score (nSPS) is 10.0. The molecule has 2 aromatic rings. The van der Waals surface area contributed by atoms with Crippen LogP contribution in [0, 0.1) is 20.8 Å². The topological polar surface area (TPSA) is 72.2 Å². The number of carbonyl (C=O) groups excluding carboxylic acids is 2. The summed E-state index contributed by atoms with van der Waals surface area (Å²) in [6, 6.07) is 13.4. The van der Waals surface area contributed by atoms with E-state index in [-0.39, 0.29) is 0 Å². The maximum absolute atomic E-state index is 10.9. The molecule has 0 spiro atoms. The summed E-state index contributed by atoms with van der Waals surface area (Å²) in [6.07, 6.45) is 11.0. The average Bonchev–Trinajstić information content (AvgIpc) is 2.92. The summed E-state index contributed by atoms with van der Waals surface area (Å²) in [5, 5.41) is 3.75. The Kier molecular flexibility index (Phi) is 29.8. The van der Waals surface area contributed by atoms with E-state index in [9.17, 15) is 4.79 Å². The summed E-state index contributed by atoms with van der Waals surface area (Å²) in [7, 11) is 0. The molecule has 4 nitrogen and oxygen atoms in total. The van der Waals surface area contributed by atoms with E-state index < -0.39 is 0 Å². The van der Waals surface area contributed by atoms with Crippen LogP contribution in [0.3, 0.4) is 0 Å². The second-order valence-corrected chi connectivity index (χ2v) is 9.34. The number of anilines is 2. The molecule has 2 rings (SSSR count). The van der Waals surface area contributed by atoms with Crippen LogP contribution in [0.2, 0.25) is 0 Å². The average molecular weight is 543 g/mol. The van der Waals surface area contributed by atoms with Crippen molar-refractivity contribution in [1.82, 2.24) is 0 Å². The fourth-order valence-corrected chi connectivity index (χ4v) is 4.14. The van der Waals surface area contributed by atoms with E-state index in [1.54, 1.807) is 6.92 Å². The lowest BCUT2D eigenvalue weighted by molar-refractivity contribution is -0.117. The van der Waals surface area contributed by atoms with E-state index >= 15 is 0 Å². The third kappa shape index (κ3) is 21.9. The molecule has 0 aliphatic heterocycles. The number of hydrogen-bond acceptors (Lipinski definition) is 4. The number of rotatable bonds is 12. The first-order chi connectivity index (χ1) is 18.7. The van der Waals surface area contributed by atoms with Crippen LogP contribution in [0.5, 0.6) is 0 Å². The van der Waals surface area contributed by atoms with Gasteiger partial charge in [0.1, 0.15) is 12.1 Å². The Labute approximate surface area is 242 Å². The quantitative estimate of drug-likeness (QED) is 0.159. The molecule has 0 saturated carbocycles. The number of aldehydes is 1. The van der Waals surface area contributed by atoms with Crippen LogP contribution in [-0.2, 0) is 16.0 Å². The Morgan fingerprint density at radius 3 is 1.90 bits per heavy atom. The van der Waals surface area contributed by atoms with Gasteiger partial charge in [0.25, 0.3) is 0 Å². The van der Waals surface area contributed by atoms with Crippen LogP contribution >= 0.6 is 0 Å². The second-order valence-electron chi connectivity index (χ2n) is 9.34. The first-order valence-corrected chi connectivity index (χ1v) is 15.3. The Balaban J connectivity index is -0.000000629. The van der Waals surface area contributed by atoms with Crippen molar-refractivity contribution in [3.63, 3.8) is 0 Å². The smallest absolute Gasteiger partial charge is 0.129 e. The Morgan fingerprint density at radius 1 is 0.897 bits per heavy atom. The predicted molar refractivity (Wildman–Crippen MR) is 176 cm³/mol. The van der Waals surface area contributed by atoms with Gasteiger partial charge in [-0.15, -0.1) is 0 Å². The number of nitrogens with one attached hydrogen (secondary N) is 1. The molecule has 1 atom stereocenters. The van der Waals surface area contributed by atoms with Crippen LogP contribution in [0.4, 0.5) is 11.4 Å². The third-order valence-electron chi connectivity index (χ3n) is 5.96. The van der Waals surface area contributed by atoms with Gasteiger partial charge in [-0.1, -0.05) is 103 Å². The zero-order valence-corrected chi connectivity index (χ0v) is 27.4. The third-order valence-corrected chi connectivity index (χ3v) is 5.96. The standard InChI is InChI=1S/C20H33NO.C9H13N.C2H4O.2C2H6/c1-4-12-19(15-9-7-6-8-13-17(3)22)21-20-16-11-10-14-18(20)5-2;1-6-4-7(2)9(10)8(3)5-6;1-2-3;2*1-2/h10-11,14,16,19,21H,4-9,12-13,15H2,1-3H3;4-5H,10H2,1-3H3;2H,1H3;2*1-2H3.